The summed E-state index contributed by atoms with van der Waals surface area (Å²) >= 11 is 0. The molecule has 0 radical (unpaired) electrons. The zero-order valence-electron chi connectivity index (χ0n) is 19.4. The lowest BCUT2D eigenvalue weighted by Crippen LogP contribution is -2.53. The van der Waals surface area contributed by atoms with Crippen molar-refractivity contribution >= 4 is 0 Å². The lowest BCUT2D eigenvalue weighted by molar-refractivity contribution is -0.145. The van der Waals surface area contributed by atoms with Crippen LogP contribution < -0.4 is 14.2 Å². The fraction of sp³-hybridized carbons (Fsp3) is 0.545. The second kappa shape index (κ2) is 10.9. The number of benzene rings is 1. The van der Waals surface area contributed by atoms with E-state index >= 15 is 0 Å². The second-order valence-corrected chi connectivity index (χ2v) is 7.73. The summed E-state index contributed by atoms with van der Waals surface area (Å²) in [5.74, 6) is 1.04. The van der Waals surface area contributed by atoms with Crippen molar-refractivity contribution in [1.82, 2.24) is 9.97 Å². The first-order chi connectivity index (χ1) is 16.6. The Labute approximate surface area is 196 Å². The van der Waals surface area contributed by atoms with Crippen LogP contribution in [0.15, 0.2) is 35.6 Å². The summed E-state index contributed by atoms with van der Waals surface area (Å²) in [7, 11) is 6.13. The molecule has 3 heterocycles. The molecule has 6 atom stereocenters. The van der Waals surface area contributed by atoms with E-state index in [0.717, 1.165) is 11.3 Å². The van der Waals surface area contributed by atoms with E-state index in [9.17, 15) is 0 Å². The Morgan fingerprint density at radius 3 is 2.53 bits per heavy atom. The quantitative estimate of drug-likeness (QED) is 0.305. The van der Waals surface area contributed by atoms with Gasteiger partial charge in [0.05, 0.1) is 58.4 Å². The summed E-state index contributed by atoms with van der Waals surface area (Å²) in [5, 5.41) is 3.95. The minimum Gasteiger partial charge on any atom is -0.497 e. The number of methoxy groups -OCH3 is 4. The van der Waals surface area contributed by atoms with Crippen molar-refractivity contribution in [3.63, 3.8) is 0 Å². The Bertz CT molecular complexity index is 1020. The maximum absolute atomic E-state index is 9.15. The van der Waals surface area contributed by atoms with E-state index in [1.165, 1.54) is 14.2 Å². The van der Waals surface area contributed by atoms with Gasteiger partial charge in [-0.15, -0.1) is 0 Å². The molecule has 0 spiro atoms. The molecule has 0 bridgehead atoms. The van der Waals surface area contributed by atoms with Crippen molar-refractivity contribution in [2.24, 2.45) is 5.11 Å². The maximum atomic E-state index is 9.15. The van der Waals surface area contributed by atoms with Crippen LogP contribution in [-0.4, -0.2) is 75.5 Å². The molecule has 1 aromatic carbocycles. The summed E-state index contributed by atoms with van der Waals surface area (Å²) in [6, 6.07) is 7.13. The standard InChI is InChI=1S/C22H27N5O7/c1-28-13-7-5-12(6-8-13)10-32-19-17(14-9-24-22(31-4)25-21(14)30-3)34-18-16(26-27-23)15(29-2)11-33-20(18)19/h5-9,15-20H,10-11H2,1-4H3/t15-,16+,17-,18+,19?,20+/m0/s1. The third-order valence-corrected chi connectivity index (χ3v) is 5.95. The van der Waals surface area contributed by atoms with Crippen LogP contribution >= 0.6 is 0 Å². The number of hydrogen-bond donors (Lipinski definition) is 0. The van der Waals surface area contributed by atoms with E-state index in [0.29, 0.717) is 12.2 Å². The Morgan fingerprint density at radius 2 is 1.88 bits per heavy atom. The van der Waals surface area contributed by atoms with Gasteiger partial charge in [0.25, 0.3) is 0 Å². The number of ether oxygens (including phenoxy) is 7. The van der Waals surface area contributed by atoms with Crippen molar-refractivity contribution in [3.8, 4) is 17.6 Å². The molecule has 182 valence electrons. The Morgan fingerprint density at radius 1 is 1.09 bits per heavy atom. The number of rotatable bonds is 9. The van der Waals surface area contributed by atoms with Gasteiger partial charge in [0, 0.05) is 18.2 Å². The van der Waals surface area contributed by atoms with Gasteiger partial charge < -0.3 is 33.2 Å². The number of fused-ring (bicyclic) bond motifs is 1. The van der Waals surface area contributed by atoms with Gasteiger partial charge in [0.2, 0.25) is 5.88 Å². The molecule has 2 aliphatic heterocycles. The van der Waals surface area contributed by atoms with Gasteiger partial charge >= 0.3 is 6.01 Å². The van der Waals surface area contributed by atoms with Gasteiger partial charge in [-0.2, -0.15) is 4.98 Å². The predicted molar refractivity (Wildman–Crippen MR) is 118 cm³/mol. The number of hydrogen-bond acceptors (Lipinski definition) is 10. The number of nitrogens with zero attached hydrogens (tertiary/aromatic N) is 5. The lowest BCUT2D eigenvalue weighted by Gasteiger charge is -2.36. The summed E-state index contributed by atoms with van der Waals surface area (Å²) in [5.41, 5.74) is 10.7. The van der Waals surface area contributed by atoms with Crippen molar-refractivity contribution in [2.45, 2.75) is 43.2 Å². The molecule has 2 aliphatic rings. The average Bonchev–Trinajstić information content (AvgIpc) is 3.26. The molecule has 12 nitrogen and oxygen atoms in total. The monoisotopic (exact) mass is 473 g/mol. The highest BCUT2D eigenvalue weighted by Crippen LogP contribution is 2.44. The van der Waals surface area contributed by atoms with Gasteiger partial charge in [-0.05, 0) is 23.2 Å². The SMILES string of the molecule is COc1ccc(COC2[C@H](c3cnc(OC)nc3OC)O[C@@H]3[C@H](N=[N+]=[N-])[C@@H](OC)CO[C@@H]23)cc1. The van der Waals surface area contributed by atoms with E-state index in [-0.39, 0.29) is 18.5 Å². The average molecular weight is 473 g/mol. The first kappa shape index (κ1) is 24.0. The van der Waals surface area contributed by atoms with E-state index in [2.05, 4.69) is 20.0 Å². The first-order valence-corrected chi connectivity index (χ1v) is 10.7. The topological polar surface area (TPSA) is 139 Å². The fourth-order valence-electron chi connectivity index (χ4n) is 4.24. The molecule has 0 saturated carbocycles. The van der Waals surface area contributed by atoms with Gasteiger partial charge in [0.1, 0.15) is 24.1 Å². The van der Waals surface area contributed by atoms with Crippen LogP contribution in [0.5, 0.6) is 17.6 Å². The molecule has 34 heavy (non-hydrogen) atoms. The molecule has 2 saturated heterocycles. The Kier molecular flexibility index (Phi) is 7.66. The normalized spacial score (nSPS) is 28.0. The minimum atomic E-state index is -0.652. The molecule has 2 aromatic rings. The van der Waals surface area contributed by atoms with Crippen molar-refractivity contribution in [1.29, 1.82) is 0 Å². The van der Waals surface area contributed by atoms with Crippen LogP contribution in [0.1, 0.15) is 17.2 Å². The molecular weight excluding hydrogens is 446 g/mol. The summed E-state index contributed by atoms with van der Waals surface area (Å²) < 4.78 is 40.1. The molecule has 4 rings (SSSR count). The largest absolute Gasteiger partial charge is 0.497 e. The van der Waals surface area contributed by atoms with E-state index in [1.807, 2.05) is 24.3 Å². The molecule has 0 N–H and O–H groups in total. The van der Waals surface area contributed by atoms with Gasteiger partial charge in [-0.3, -0.25) is 0 Å². The van der Waals surface area contributed by atoms with E-state index in [1.54, 1.807) is 20.4 Å². The molecular formula is C22H27N5O7. The van der Waals surface area contributed by atoms with Crippen LogP contribution in [0.3, 0.4) is 0 Å². The van der Waals surface area contributed by atoms with E-state index < -0.39 is 36.6 Å². The summed E-state index contributed by atoms with van der Waals surface area (Å²) in [6.07, 6.45) is -1.21. The van der Waals surface area contributed by atoms with Crippen LogP contribution in [0, 0.1) is 0 Å². The Balaban J connectivity index is 1.66. The predicted octanol–water partition coefficient (Wildman–Crippen LogP) is 2.62. The second-order valence-electron chi connectivity index (χ2n) is 7.73. The van der Waals surface area contributed by atoms with Crippen molar-refractivity contribution in [3.05, 3.63) is 52.0 Å². The molecule has 0 aliphatic carbocycles. The molecule has 0 amide bonds. The third-order valence-electron chi connectivity index (χ3n) is 5.95. The summed E-state index contributed by atoms with van der Waals surface area (Å²) in [4.78, 5) is 11.5. The number of aromatic nitrogens is 2. The molecule has 12 heteroatoms. The van der Waals surface area contributed by atoms with Gasteiger partial charge in [0.15, 0.2) is 0 Å². The van der Waals surface area contributed by atoms with Crippen LogP contribution in [0.2, 0.25) is 0 Å². The summed E-state index contributed by atoms with van der Waals surface area (Å²) in [6.45, 7) is 0.524. The van der Waals surface area contributed by atoms with E-state index in [4.69, 9.17) is 38.7 Å². The smallest absolute Gasteiger partial charge is 0.319 e. The van der Waals surface area contributed by atoms with Crippen LogP contribution in [0.4, 0.5) is 0 Å². The number of azide groups is 1. The first-order valence-electron chi connectivity index (χ1n) is 10.7. The fourth-order valence-corrected chi connectivity index (χ4v) is 4.24. The van der Waals surface area contributed by atoms with Crippen molar-refractivity contribution < 1.29 is 33.2 Å². The third kappa shape index (κ3) is 4.72. The molecule has 1 aromatic heterocycles. The van der Waals surface area contributed by atoms with Crippen LogP contribution in [0.25, 0.3) is 10.4 Å². The molecule has 1 unspecified atom stereocenters. The Hall–Kier alpha value is -3.15. The zero-order chi connectivity index (χ0) is 24.1. The molecule has 2 fully saturated rings. The lowest BCUT2D eigenvalue weighted by atomic mass is 9.94. The van der Waals surface area contributed by atoms with Gasteiger partial charge in [-0.25, -0.2) is 4.98 Å². The highest BCUT2D eigenvalue weighted by atomic mass is 16.6. The zero-order valence-corrected chi connectivity index (χ0v) is 19.4. The highest BCUT2D eigenvalue weighted by molar-refractivity contribution is 5.31. The maximum Gasteiger partial charge on any atom is 0.319 e. The van der Waals surface area contributed by atoms with Crippen LogP contribution in [-0.2, 0) is 25.6 Å². The highest BCUT2D eigenvalue weighted by Gasteiger charge is 2.55. The minimum absolute atomic E-state index is 0.161. The van der Waals surface area contributed by atoms with Crippen molar-refractivity contribution in [2.75, 3.05) is 35.0 Å². The van der Waals surface area contributed by atoms with Gasteiger partial charge in [-0.1, -0.05) is 17.2 Å².